The van der Waals surface area contributed by atoms with Gasteiger partial charge in [0.25, 0.3) is 5.91 Å². The van der Waals surface area contributed by atoms with Crippen LogP contribution in [-0.2, 0) is 19.4 Å². The van der Waals surface area contributed by atoms with Crippen LogP contribution in [-0.4, -0.2) is 61.9 Å². The fourth-order valence-corrected chi connectivity index (χ4v) is 6.38. The van der Waals surface area contributed by atoms with Crippen LogP contribution < -0.4 is 4.90 Å². The Labute approximate surface area is 209 Å². The molecule has 0 unspecified atom stereocenters. The first-order valence-corrected chi connectivity index (χ1v) is 13.7. The molecule has 34 heavy (non-hydrogen) atoms. The van der Waals surface area contributed by atoms with Crippen LogP contribution in [0.25, 0.3) is 6.08 Å². The van der Waals surface area contributed by atoms with Crippen LogP contribution in [0.15, 0.2) is 43.5 Å². The van der Waals surface area contributed by atoms with Crippen LogP contribution in [0.1, 0.15) is 31.2 Å². The zero-order chi connectivity index (χ0) is 24.5. The molecule has 1 amide bonds. The molecule has 2 fully saturated rings. The summed E-state index contributed by atoms with van der Waals surface area (Å²) in [7, 11) is -2.37. The van der Waals surface area contributed by atoms with Crippen molar-refractivity contribution in [2.24, 2.45) is 5.92 Å². The Bertz CT molecular complexity index is 1210. The average molecular weight is 522 g/mol. The van der Waals surface area contributed by atoms with Crippen molar-refractivity contribution in [2.45, 2.75) is 36.6 Å². The standard InChI is InChI=1S/C23H27N3O5S3/c1-15-4-6-17(7-5-15)34(28,29)20-22(25-10-8-16(2)9-11-25)31-19(24-20)14-18-21(27)26(12-13-30-3)23(32)33-18/h4-7,14,16H,8-13H2,1-3H3/b18-14+. The van der Waals surface area contributed by atoms with Gasteiger partial charge in [-0.2, -0.15) is 4.98 Å². The highest BCUT2D eigenvalue weighted by molar-refractivity contribution is 8.26. The molecule has 0 spiro atoms. The first kappa shape index (κ1) is 24.9. The lowest BCUT2D eigenvalue weighted by molar-refractivity contribution is -0.122. The fourth-order valence-electron chi connectivity index (χ4n) is 3.78. The first-order valence-electron chi connectivity index (χ1n) is 11.0. The Morgan fingerprint density at radius 1 is 1.26 bits per heavy atom. The summed E-state index contributed by atoms with van der Waals surface area (Å²) in [6, 6.07) is 6.65. The number of thiocarbonyl (C=S) groups is 1. The lowest BCUT2D eigenvalue weighted by atomic mass is 9.99. The molecule has 8 nitrogen and oxygen atoms in total. The number of thioether (sulfide) groups is 1. The Balaban J connectivity index is 1.73. The number of sulfone groups is 1. The normalized spacial score (nSPS) is 19.0. The van der Waals surface area contributed by atoms with Gasteiger partial charge in [0.05, 0.1) is 23.0 Å². The van der Waals surface area contributed by atoms with Crippen molar-refractivity contribution in [3.8, 4) is 0 Å². The zero-order valence-corrected chi connectivity index (χ0v) is 21.8. The summed E-state index contributed by atoms with van der Waals surface area (Å²) in [5, 5.41) is -0.132. The molecule has 11 heteroatoms. The second kappa shape index (κ2) is 10.2. The highest BCUT2D eigenvalue weighted by Crippen LogP contribution is 2.36. The maximum Gasteiger partial charge on any atom is 0.266 e. The van der Waals surface area contributed by atoms with E-state index in [1.54, 1.807) is 31.4 Å². The number of carbonyl (C=O) groups is 1. The summed E-state index contributed by atoms with van der Waals surface area (Å²) < 4.78 is 38.5. The van der Waals surface area contributed by atoms with Gasteiger partial charge >= 0.3 is 0 Å². The van der Waals surface area contributed by atoms with Crippen LogP contribution in [0.3, 0.4) is 0 Å². The lowest BCUT2D eigenvalue weighted by Crippen LogP contribution is -2.33. The van der Waals surface area contributed by atoms with Gasteiger partial charge < -0.3 is 14.1 Å². The van der Waals surface area contributed by atoms with Crippen LogP contribution in [0, 0.1) is 12.8 Å². The number of ether oxygens (including phenoxy) is 1. The molecule has 1 aromatic carbocycles. The number of rotatable bonds is 7. The molecule has 2 saturated heterocycles. The Morgan fingerprint density at radius 3 is 2.59 bits per heavy atom. The fraction of sp³-hybridized carbons (Fsp3) is 0.435. The third-order valence-corrected chi connectivity index (χ3v) is 8.95. The number of anilines is 1. The molecule has 2 aromatic rings. The van der Waals surface area contributed by atoms with E-state index in [-0.39, 0.29) is 27.6 Å². The van der Waals surface area contributed by atoms with Gasteiger partial charge in [-0.25, -0.2) is 8.42 Å². The van der Waals surface area contributed by atoms with E-state index in [4.69, 9.17) is 21.4 Å². The molecule has 0 aliphatic carbocycles. The van der Waals surface area contributed by atoms with Crippen LogP contribution >= 0.6 is 24.0 Å². The number of hydrogen-bond acceptors (Lipinski definition) is 9. The summed E-state index contributed by atoms with van der Waals surface area (Å²) in [4.78, 5) is 21.0. The largest absolute Gasteiger partial charge is 0.420 e. The molecule has 0 atom stereocenters. The monoisotopic (exact) mass is 521 g/mol. The van der Waals surface area contributed by atoms with Crippen molar-refractivity contribution in [3.05, 3.63) is 40.6 Å². The van der Waals surface area contributed by atoms with E-state index >= 15 is 0 Å². The number of aromatic nitrogens is 1. The molecular formula is C23H27N3O5S3. The second-order valence-electron chi connectivity index (χ2n) is 8.47. The number of benzene rings is 1. The SMILES string of the molecule is COCCN1C(=O)/C(=C\c2nc(S(=O)(=O)c3ccc(C)cc3)c(N3CCC(C)CC3)o2)SC1=S. The average Bonchev–Trinajstić information content (AvgIpc) is 3.35. The molecule has 2 aliphatic rings. The molecule has 0 bridgehead atoms. The highest BCUT2D eigenvalue weighted by Gasteiger charge is 2.35. The van der Waals surface area contributed by atoms with E-state index in [0.29, 0.717) is 41.4 Å². The number of amides is 1. The minimum atomic E-state index is -3.93. The number of piperidine rings is 1. The lowest BCUT2D eigenvalue weighted by Gasteiger charge is -2.30. The third kappa shape index (κ3) is 5.07. The van der Waals surface area contributed by atoms with Gasteiger partial charge in [0, 0.05) is 26.3 Å². The van der Waals surface area contributed by atoms with Crippen molar-refractivity contribution < 1.29 is 22.4 Å². The van der Waals surface area contributed by atoms with E-state index in [1.807, 2.05) is 11.8 Å². The number of aryl methyl sites for hydroxylation is 1. The Kier molecular flexibility index (Phi) is 7.46. The number of methoxy groups -OCH3 is 1. The van der Waals surface area contributed by atoms with E-state index < -0.39 is 9.84 Å². The predicted octanol–water partition coefficient (Wildman–Crippen LogP) is 3.90. The molecule has 1 aromatic heterocycles. The number of hydrogen-bond donors (Lipinski definition) is 0. The van der Waals surface area contributed by atoms with Crippen molar-refractivity contribution in [1.29, 1.82) is 0 Å². The van der Waals surface area contributed by atoms with Crippen molar-refractivity contribution in [3.63, 3.8) is 0 Å². The predicted molar refractivity (Wildman–Crippen MR) is 135 cm³/mol. The number of oxazole rings is 1. The molecular weight excluding hydrogens is 494 g/mol. The minimum absolute atomic E-state index is 0.0616. The van der Waals surface area contributed by atoms with Gasteiger partial charge in [-0.3, -0.25) is 9.69 Å². The third-order valence-electron chi connectivity index (χ3n) is 5.90. The maximum absolute atomic E-state index is 13.5. The second-order valence-corrected chi connectivity index (χ2v) is 12.0. The molecule has 4 rings (SSSR count). The smallest absolute Gasteiger partial charge is 0.266 e. The molecule has 3 heterocycles. The van der Waals surface area contributed by atoms with Crippen LogP contribution in [0.4, 0.5) is 5.88 Å². The summed E-state index contributed by atoms with van der Waals surface area (Å²) in [5.74, 6) is 0.561. The maximum atomic E-state index is 13.5. The van der Waals surface area contributed by atoms with Gasteiger partial charge in [0.15, 0.2) is 0 Å². The van der Waals surface area contributed by atoms with E-state index in [1.165, 1.54) is 11.0 Å². The van der Waals surface area contributed by atoms with Crippen molar-refractivity contribution in [2.75, 3.05) is 38.3 Å². The Hall–Kier alpha value is -2.21. The quantitative estimate of drug-likeness (QED) is 0.397. The topological polar surface area (TPSA) is 92.9 Å². The zero-order valence-electron chi connectivity index (χ0n) is 19.3. The first-order chi connectivity index (χ1) is 16.2. The van der Waals surface area contributed by atoms with Gasteiger partial charge in [0.2, 0.25) is 26.6 Å². The summed E-state index contributed by atoms with van der Waals surface area (Å²) >= 11 is 6.45. The van der Waals surface area contributed by atoms with Crippen LogP contribution in [0.2, 0.25) is 0 Å². The number of nitrogens with zero attached hydrogens (tertiary/aromatic N) is 3. The summed E-state index contributed by atoms with van der Waals surface area (Å²) in [5.41, 5.74) is 0.959. The van der Waals surface area contributed by atoms with Crippen molar-refractivity contribution >= 4 is 56.0 Å². The van der Waals surface area contributed by atoms with Crippen LogP contribution in [0.5, 0.6) is 0 Å². The van der Waals surface area contributed by atoms with Gasteiger partial charge in [0.1, 0.15) is 4.32 Å². The molecule has 182 valence electrons. The summed E-state index contributed by atoms with van der Waals surface area (Å²) in [6.45, 7) is 6.12. The van der Waals surface area contributed by atoms with E-state index in [2.05, 4.69) is 11.9 Å². The van der Waals surface area contributed by atoms with Gasteiger partial charge in [-0.15, -0.1) is 0 Å². The van der Waals surface area contributed by atoms with Crippen molar-refractivity contribution in [1.82, 2.24) is 9.88 Å². The summed E-state index contributed by atoms with van der Waals surface area (Å²) in [6.07, 6.45) is 3.33. The van der Waals surface area contributed by atoms with E-state index in [9.17, 15) is 13.2 Å². The number of carbonyl (C=O) groups excluding carboxylic acids is 1. The molecule has 0 N–H and O–H groups in total. The van der Waals surface area contributed by atoms with E-state index in [0.717, 1.165) is 30.2 Å². The highest BCUT2D eigenvalue weighted by atomic mass is 32.2. The van der Waals surface area contributed by atoms with Gasteiger partial charge in [-0.1, -0.05) is 48.6 Å². The Morgan fingerprint density at radius 2 is 1.94 bits per heavy atom. The molecule has 0 radical (unpaired) electrons. The molecule has 2 aliphatic heterocycles. The minimum Gasteiger partial charge on any atom is -0.420 e. The molecule has 0 saturated carbocycles. The van der Waals surface area contributed by atoms with Gasteiger partial charge in [-0.05, 0) is 37.8 Å².